The van der Waals surface area contributed by atoms with Gasteiger partial charge in [-0.25, -0.2) is 0 Å². The maximum Gasteiger partial charge on any atom is 0.120 e. The van der Waals surface area contributed by atoms with Crippen LogP contribution in [-0.4, -0.2) is 43.5 Å². The van der Waals surface area contributed by atoms with Crippen LogP contribution in [0.2, 0.25) is 0 Å². The Balaban J connectivity index is 1.29. The molecule has 2 aromatic rings. The molecule has 0 aromatic heterocycles. The molecule has 156 valence electrons. The van der Waals surface area contributed by atoms with Crippen molar-refractivity contribution in [2.24, 2.45) is 5.92 Å². The van der Waals surface area contributed by atoms with E-state index in [9.17, 15) is 5.11 Å². The van der Waals surface area contributed by atoms with Crippen molar-refractivity contribution in [3.05, 3.63) is 65.7 Å². The molecule has 0 radical (unpaired) electrons. The van der Waals surface area contributed by atoms with E-state index in [-0.39, 0.29) is 0 Å². The van der Waals surface area contributed by atoms with Crippen molar-refractivity contribution in [1.29, 1.82) is 0 Å². The molecule has 4 rings (SSSR count). The molecule has 1 aliphatic carbocycles. The van der Waals surface area contributed by atoms with Crippen LogP contribution >= 0.6 is 0 Å². The summed E-state index contributed by atoms with van der Waals surface area (Å²) < 4.78 is 11.6. The second-order valence-corrected chi connectivity index (χ2v) is 8.11. The second-order valence-electron chi connectivity index (χ2n) is 8.11. The Morgan fingerprint density at radius 1 is 1.14 bits per heavy atom. The first-order chi connectivity index (χ1) is 14.3. The Bertz CT molecular complexity index is 749. The van der Waals surface area contributed by atoms with Gasteiger partial charge in [0.1, 0.15) is 12.4 Å². The van der Waals surface area contributed by atoms with Gasteiger partial charge in [-0.2, -0.15) is 0 Å². The van der Waals surface area contributed by atoms with Gasteiger partial charge in [-0.15, -0.1) is 0 Å². The Kier molecular flexibility index (Phi) is 7.17. The van der Waals surface area contributed by atoms with Gasteiger partial charge in [0.05, 0.1) is 19.3 Å². The minimum Gasteiger partial charge on any atom is -0.489 e. The summed E-state index contributed by atoms with van der Waals surface area (Å²) in [6.45, 7) is 3.62. The number of morpholine rings is 1. The first kappa shape index (κ1) is 20.4. The van der Waals surface area contributed by atoms with E-state index >= 15 is 0 Å². The molecule has 4 atom stereocenters. The Hall–Kier alpha value is -1.92. The van der Waals surface area contributed by atoms with Crippen LogP contribution in [0.4, 0.5) is 0 Å². The summed E-state index contributed by atoms with van der Waals surface area (Å²) in [6.07, 6.45) is 3.07. The number of hydrogen-bond acceptors (Lipinski definition) is 5. The molecule has 29 heavy (non-hydrogen) atoms. The van der Waals surface area contributed by atoms with Crippen molar-refractivity contribution < 1.29 is 14.6 Å². The minimum atomic E-state index is -0.549. The van der Waals surface area contributed by atoms with Crippen molar-refractivity contribution >= 4 is 0 Å². The van der Waals surface area contributed by atoms with Crippen LogP contribution in [0, 0.1) is 5.92 Å². The highest BCUT2D eigenvalue weighted by molar-refractivity contribution is 5.30. The van der Waals surface area contributed by atoms with E-state index in [2.05, 4.69) is 10.6 Å². The van der Waals surface area contributed by atoms with Crippen LogP contribution in [-0.2, 0) is 11.3 Å². The van der Waals surface area contributed by atoms with E-state index in [1.54, 1.807) is 0 Å². The molecule has 1 saturated heterocycles. The van der Waals surface area contributed by atoms with E-state index < -0.39 is 6.10 Å². The van der Waals surface area contributed by atoms with Crippen LogP contribution in [0.25, 0.3) is 0 Å². The predicted molar refractivity (Wildman–Crippen MR) is 114 cm³/mol. The van der Waals surface area contributed by atoms with Gasteiger partial charge in [0.2, 0.25) is 0 Å². The summed E-state index contributed by atoms with van der Waals surface area (Å²) in [5.41, 5.74) is 2.02. The van der Waals surface area contributed by atoms with Gasteiger partial charge >= 0.3 is 0 Å². The Morgan fingerprint density at radius 3 is 2.86 bits per heavy atom. The van der Waals surface area contributed by atoms with Crippen LogP contribution in [0.15, 0.2) is 54.6 Å². The van der Waals surface area contributed by atoms with Crippen molar-refractivity contribution in [3.63, 3.8) is 0 Å². The number of nitrogens with one attached hydrogen (secondary N) is 2. The highest BCUT2D eigenvalue weighted by Gasteiger charge is 2.34. The molecule has 0 bridgehead atoms. The highest BCUT2D eigenvalue weighted by Crippen LogP contribution is 2.30. The maximum atomic E-state index is 10.7. The van der Waals surface area contributed by atoms with Crippen molar-refractivity contribution in [1.82, 2.24) is 10.6 Å². The van der Waals surface area contributed by atoms with Crippen LogP contribution in [0.5, 0.6) is 5.75 Å². The Labute approximate surface area is 173 Å². The van der Waals surface area contributed by atoms with E-state index in [0.29, 0.717) is 31.2 Å². The lowest BCUT2D eigenvalue weighted by Gasteiger charge is -2.33. The van der Waals surface area contributed by atoms with E-state index in [0.717, 1.165) is 43.1 Å². The molecule has 5 heteroatoms. The Morgan fingerprint density at radius 2 is 2.03 bits per heavy atom. The summed E-state index contributed by atoms with van der Waals surface area (Å²) in [5.74, 6) is 1.36. The van der Waals surface area contributed by atoms with E-state index in [4.69, 9.17) is 9.47 Å². The summed E-state index contributed by atoms with van der Waals surface area (Å²) in [6, 6.07) is 18.8. The number of aliphatic hydroxyl groups is 1. The zero-order chi connectivity index (χ0) is 19.9. The predicted octanol–water partition coefficient (Wildman–Crippen LogP) is 3.05. The number of hydrogen-bond donors (Lipinski definition) is 3. The number of rotatable bonds is 8. The van der Waals surface area contributed by atoms with Crippen molar-refractivity contribution in [2.45, 2.75) is 44.1 Å². The molecule has 5 nitrogen and oxygen atoms in total. The highest BCUT2D eigenvalue weighted by atomic mass is 16.5. The molecule has 2 aliphatic rings. The molecule has 0 spiro atoms. The quantitative estimate of drug-likeness (QED) is 0.640. The molecule has 1 saturated carbocycles. The molecule has 1 heterocycles. The molecule has 2 fully saturated rings. The second kappa shape index (κ2) is 10.2. The van der Waals surface area contributed by atoms with Gasteiger partial charge in [0, 0.05) is 25.2 Å². The normalized spacial score (nSPS) is 25.6. The van der Waals surface area contributed by atoms with Crippen LogP contribution < -0.4 is 15.4 Å². The molecular formula is C24H32N2O3. The molecular weight excluding hydrogens is 364 g/mol. The van der Waals surface area contributed by atoms with Gasteiger partial charge in [0.15, 0.2) is 0 Å². The average Bonchev–Trinajstić information content (AvgIpc) is 3.26. The summed E-state index contributed by atoms with van der Waals surface area (Å²) in [4.78, 5) is 0. The molecule has 1 aliphatic heterocycles. The fourth-order valence-corrected chi connectivity index (χ4v) is 4.52. The minimum absolute atomic E-state index is 0.426. The van der Waals surface area contributed by atoms with Crippen LogP contribution in [0.1, 0.15) is 36.5 Å². The average molecular weight is 397 g/mol. The lowest BCUT2D eigenvalue weighted by atomic mass is 9.93. The summed E-state index contributed by atoms with van der Waals surface area (Å²) >= 11 is 0. The third-order valence-corrected chi connectivity index (χ3v) is 6.10. The van der Waals surface area contributed by atoms with Crippen molar-refractivity contribution in [2.75, 3.05) is 26.3 Å². The van der Waals surface area contributed by atoms with Crippen molar-refractivity contribution in [3.8, 4) is 5.75 Å². The van der Waals surface area contributed by atoms with E-state index in [1.165, 1.54) is 12.8 Å². The fourth-order valence-electron chi connectivity index (χ4n) is 4.52. The van der Waals surface area contributed by atoms with Gasteiger partial charge in [-0.1, -0.05) is 48.9 Å². The fraction of sp³-hybridized carbons (Fsp3) is 0.500. The SMILES string of the molecule is OC(CNC1CCCC1C1COCCN1)c1cccc(OCc2ccccc2)c1. The topological polar surface area (TPSA) is 62.8 Å². The molecule has 4 unspecified atom stereocenters. The smallest absolute Gasteiger partial charge is 0.120 e. The zero-order valence-electron chi connectivity index (χ0n) is 16.9. The number of benzene rings is 2. The number of aliphatic hydroxyl groups excluding tert-OH is 1. The van der Waals surface area contributed by atoms with E-state index in [1.807, 2.05) is 54.6 Å². The third kappa shape index (κ3) is 5.58. The molecule has 0 amide bonds. The lowest BCUT2D eigenvalue weighted by Crippen LogP contribution is -2.51. The summed E-state index contributed by atoms with van der Waals surface area (Å²) in [5, 5.41) is 17.9. The van der Waals surface area contributed by atoms with Crippen LogP contribution in [0.3, 0.4) is 0 Å². The molecule has 2 aromatic carbocycles. The largest absolute Gasteiger partial charge is 0.489 e. The monoisotopic (exact) mass is 396 g/mol. The summed E-state index contributed by atoms with van der Waals surface area (Å²) in [7, 11) is 0. The standard InChI is InChI=1S/C24H32N2O3/c27-24(15-26-22-11-5-10-21(22)23-17-28-13-12-25-23)19-8-4-9-20(14-19)29-16-18-6-2-1-3-7-18/h1-4,6-9,14,21-27H,5,10-13,15-17H2. The lowest BCUT2D eigenvalue weighted by molar-refractivity contribution is 0.0513. The van der Waals surface area contributed by atoms with Gasteiger partial charge in [-0.05, 0) is 42.0 Å². The van der Waals surface area contributed by atoms with Gasteiger partial charge < -0.3 is 25.2 Å². The third-order valence-electron chi connectivity index (χ3n) is 6.10. The first-order valence-corrected chi connectivity index (χ1v) is 10.8. The van der Waals surface area contributed by atoms with Gasteiger partial charge in [0.25, 0.3) is 0 Å². The maximum absolute atomic E-state index is 10.7. The van der Waals surface area contributed by atoms with Gasteiger partial charge in [-0.3, -0.25) is 0 Å². The zero-order valence-corrected chi connectivity index (χ0v) is 16.9. The number of ether oxygens (including phenoxy) is 2. The first-order valence-electron chi connectivity index (χ1n) is 10.8. The molecule has 3 N–H and O–H groups in total.